The van der Waals surface area contributed by atoms with Crippen molar-refractivity contribution in [3.8, 4) is 11.4 Å². The highest BCUT2D eigenvalue weighted by atomic mass is 14.9. The van der Waals surface area contributed by atoms with Gasteiger partial charge in [0.15, 0.2) is 0 Å². The Morgan fingerprint density at radius 2 is 2.00 bits per heavy atom. The van der Waals surface area contributed by atoms with Crippen molar-refractivity contribution in [2.45, 2.75) is 0 Å². The van der Waals surface area contributed by atoms with Gasteiger partial charge in [-0.1, -0.05) is 12.1 Å². The van der Waals surface area contributed by atoms with Gasteiger partial charge in [0.1, 0.15) is 5.82 Å². The minimum Gasteiger partial charge on any atom is -0.399 e. The molecule has 4 aromatic rings. The van der Waals surface area contributed by atoms with Gasteiger partial charge in [-0.15, -0.1) is 0 Å². The number of hydrogen-bond acceptors (Lipinski definition) is 2. The summed E-state index contributed by atoms with van der Waals surface area (Å²) in [6.07, 6.45) is 2.06. The van der Waals surface area contributed by atoms with Crippen molar-refractivity contribution in [2.75, 3.05) is 5.73 Å². The van der Waals surface area contributed by atoms with E-state index in [2.05, 4.69) is 45.0 Å². The van der Waals surface area contributed by atoms with Gasteiger partial charge in [0.05, 0.1) is 11.0 Å². The third-order valence-corrected chi connectivity index (χ3v) is 3.67. The number of aryl methyl sites for hydroxylation is 1. The molecule has 0 atom stereocenters. The quantitative estimate of drug-likeness (QED) is 0.517. The molecule has 0 bridgehead atoms. The lowest BCUT2D eigenvalue weighted by atomic mass is 10.1. The number of H-pyrrole nitrogens is 1. The molecule has 0 fully saturated rings. The fourth-order valence-electron chi connectivity index (χ4n) is 2.57. The van der Waals surface area contributed by atoms with Crippen molar-refractivity contribution in [1.29, 1.82) is 0 Å². The zero-order valence-electron chi connectivity index (χ0n) is 11.1. The molecule has 0 aliphatic heterocycles. The van der Waals surface area contributed by atoms with Crippen molar-refractivity contribution < 1.29 is 0 Å². The van der Waals surface area contributed by atoms with Gasteiger partial charge >= 0.3 is 0 Å². The Labute approximate surface area is 115 Å². The van der Waals surface area contributed by atoms with E-state index in [9.17, 15) is 0 Å². The smallest absolute Gasteiger partial charge is 0.138 e. The Morgan fingerprint density at radius 1 is 1.10 bits per heavy atom. The van der Waals surface area contributed by atoms with Crippen molar-refractivity contribution in [3.63, 3.8) is 0 Å². The zero-order chi connectivity index (χ0) is 13.7. The zero-order valence-corrected chi connectivity index (χ0v) is 11.1. The van der Waals surface area contributed by atoms with Gasteiger partial charge in [-0.3, -0.25) is 0 Å². The van der Waals surface area contributed by atoms with Crippen LogP contribution in [0.25, 0.3) is 33.3 Å². The van der Waals surface area contributed by atoms with Gasteiger partial charge in [0.25, 0.3) is 0 Å². The molecule has 3 N–H and O–H groups in total. The van der Waals surface area contributed by atoms with Crippen LogP contribution in [0.4, 0.5) is 5.69 Å². The second-order valence-electron chi connectivity index (χ2n) is 5.06. The highest BCUT2D eigenvalue weighted by Gasteiger charge is 2.07. The minimum atomic E-state index is 0.730. The fraction of sp³-hybridized carbons (Fsp3) is 0.0625. The van der Waals surface area contributed by atoms with Crippen molar-refractivity contribution in [1.82, 2.24) is 14.5 Å². The lowest BCUT2D eigenvalue weighted by Crippen LogP contribution is -1.85. The Hall–Kier alpha value is -2.75. The summed E-state index contributed by atoms with van der Waals surface area (Å²) < 4.78 is 2.11. The maximum Gasteiger partial charge on any atom is 0.138 e. The molecule has 0 aliphatic rings. The number of rotatable bonds is 1. The second kappa shape index (κ2) is 3.87. The summed E-state index contributed by atoms with van der Waals surface area (Å²) in [5, 5.41) is 1.23. The number of nitrogens with one attached hydrogen (secondary N) is 1. The lowest BCUT2D eigenvalue weighted by molar-refractivity contribution is 0.969. The molecular weight excluding hydrogens is 248 g/mol. The Kier molecular flexibility index (Phi) is 2.15. The number of imidazole rings is 1. The van der Waals surface area contributed by atoms with E-state index in [-0.39, 0.29) is 0 Å². The lowest BCUT2D eigenvalue weighted by Gasteiger charge is -2.00. The van der Waals surface area contributed by atoms with Crippen LogP contribution in [0.15, 0.2) is 48.7 Å². The first-order chi connectivity index (χ1) is 9.70. The number of benzene rings is 2. The first kappa shape index (κ1) is 11.1. The van der Waals surface area contributed by atoms with E-state index < -0.39 is 0 Å². The summed E-state index contributed by atoms with van der Waals surface area (Å²) in [7, 11) is 2.05. The van der Waals surface area contributed by atoms with Crippen LogP contribution in [0.2, 0.25) is 0 Å². The highest BCUT2D eigenvalue weighted by Crippen LogP contribution is 2.25. The van der Waals surface area contributed by atoms with E-state index in [4.69, 9.17) is 5.73 Å². The summed E-state index contributed by atoms with van der Waals surface area (Å²) >= 11 is 0. The van der Waals surface area contributed by atoms with Crippen LogP contribution < -0.4 is 5.73 Å². The summed E-state index contributed by atoms with van der Waals surface area (Å²) in [6.45, 7) is 0. The van der Waals surface area contributed by atoms with Gasteiger partial charge < -0.3 is 15.3 Å². The summed E-state index contributed by atoms with van der Waals surface area (Å²) in [6, 6.07) is 14.2. The number of hydrogen-bond donors (Lipinski definition) is 2. The van der Waals surface area contributed by atoms with E-state index in [1.54, 1.807) is 0 Å². The van der Waals surface area contributed by atoms with E-state index in [1.807, 2.05) is 25.2 Å². The third-order valence-electron chi connectivity index (χ3n) is 3.67. The molecular formula is C16H14N4. The van der Waals surface area contributed by atoms with E-state index in [1.165, 1.54) is 10.9 Å². The van der Waals surface area contributed by atoms with Crippen molar-refractivity contribution in [2.24, 2.45) is 7.05 Å². The first-order valence-electron chi connectivity index (χ1n) is 6.51. The van der Waals surface area contributed by atoms with Crippen LogP contribution >= 0.6 is 0 Å². The number of aromatic amines is 1. The molecule has 20 heavy (non-hydrogen) atoms. The average Bonchev–Trinajstić information content (AvgIpc) is 3.02. The predicted molar refractivity (Wildman–Crippen MR) is 82.4 cm³/mol. The van der Waals surface area contributed by atoms with Crippen LogP contribution in [0.3, 0.4) is 0 Å². The van der Waals surface area contributed by atoms with Gasteiger partial charge in [0, 0.05) is 30.0 Å². The van der Waals surface area contributed by atoms with Gasteiger partial charge in [-0.05, 0) is 35.7 Å². The van der Waals surface area contributed by atoms with Gasteiger partial charge in [0.2, 0.25) is 0 Å². The van der Waals surface area contributed by atoms with Crippen LogP contribution in [-0.2, 0) is 7.05 Å². The maximum absolute atomic E-state index is 5.79. The number of anilines is 1. The van der Waals surface area contributed by atoms with Crippen LogP contribution in [0.1, 0.15) is 0 Å². The van der Waals surface area contributed by atoms with Gasteiger partial charge in [-0.25, -0.2) is 4.98 Å². The Bertz CT molecular complexity index is 930. The molecule has 0 amide bonds. The summed E-state index contributed by atoms with van der Waals surface area (Å²) in [5.41, 5.74) is 10.7. The summed E-state index contributed by atoms with van der Waals surface area (Å²) in [4.78, 5) is 7.96. The summed E-state index contributed by atoms with van der Waals surface area (Å²) in [5.74, 6) is 0.869. The number of nitrogens with zero attached hydrogens (tertiary/aromatic N) is 2. The third kappa shape index (κ3) is 1.58. The fourth-order valence-corrected chi connectivity index (χ4v) is 2.57. The normalized spacial score (nSPS) is 11.4. The number of nitrogen functional groups attached to an aromatic ring is 1. The molecule has 0 spiro atoms. The molecule has 4 nitrogen and oxygen atoms in total. The van der Waals surface area contributed by atoms with Crippen LogP contribution in [0, 0.1) is 0 Å². The molecule has 4 rings (SSSR count). The maximum atomic E-state index is 5.79. The molecule has 0 saturated carbocycles. The molecule has 0 aliphatic carbocycles. The number of nitrogens with two attached hydrogens (primary N) is 1. The number of fused-ring (bicyclic) bond motifs is 2. The number of aromatic nitrogens is 3. The molecule has 0 saturated heterocycles. The van der Waals surface area contributed by atoms with Crippen molar-refractivity contribution >= 4 is 27.6 Å². The molecule has 2 heterocycles. The SMILES string of the molecule is Cn1ccc2ccc(-c3nc4cc(N)ccc4[nH]3)cc21. The molecule has 2 aromatic carbocycles. The molecule has 4 heteroatoms. The Morgan fingerprint density at radius 3 is 2.90 bits per heavy atom. The van der Waals surface area contributed by atoms with Crippen LogP contribution in [-0.4, -0.2) is 14.5 Å². The van der Waals surface area contributed by atoms with Crippen molar-refractivity contribution in [3.05, 3.63) is 48.7 Å². The highest BCUT2D eigenvalue weighted by molar-refractivity contribution is 5.87. The topological polar surface area (TPSA) is 59.6 Å². The minimum absolute atomic E-state index is 0.730. The first-order valence-corrected chi connectivity index (χ1v) is 6.51. The predicted octanol–water partition coefficient (Wildman–Crippen LogP) is 3.30. The monoisotopic (exact) mass is 262 g/mol. The molecule has 0 radical (unpaired) electrons. The van der Waals surface area contributed by atoms with Crippen LogP contribution in [0.5, 0.6) is 0 Å². The Balaban J connectivity index is 1.93. The molecule has 2 aromatic heterocycles. The van der Waals surface area contributed by atoms with E-state index in [0.29, 0.717) is 0 Å². The standard InChI is InChI=1S/C16H14N4/c1-20-7-6-10-2-3-11(8-15(10)20)16-18-13-5-4-12(17)9-14(13)19-16/h2-9H,17H2,1H3,(H,18,19). The van der Waals surface area contributed by atoms with E-state index >= 15 is 0 Å². The van der Waals surface area contributed by atoms with E-state index in [0.717, 1.165) is 28.1 Å². The molecule has 0 unspecified atom stereocenters. The van der Waals surface area contributed by atoms with Gasteiger partial charge in [-0.2, -0.15) is 0 Å². The molecule has 98 valence electrons. The second-order valence-corrected chi connectivity index (χ2v) is 5.06. The average molecular weight is 262 g/mol. The largest absolute Gasteiger partial charge is 0.399 e.